The molecular formula is C13H19NO3. The second-order valence-electron chi connectivity index (χ2n) is 4.75. The van der Waals surface area contributed by atoms with Crippen molar-refractivity contribution in [3.63, 3.8) is 0 Å². The first-order valence-electron chi connectivity index (χ1n) is 5.80. The Balaban J connectivity index is 2.54. The smallest absolute Gasteiger partial charge is 0.203 e. The van der Waals surface area contributed by atoms with Crippen LogP contribution in [0.4, 0.5) is 0 Å². The lowest BCUT2D eigenvalue weighted by Gasteiger charge is -2.24. The van der Waals surface area contributed by atoms with Crippen molar-refractivity contribution >= 4 is 0 Å². The Bertz CT molecular complexity index is 410. The van der Waals surface area contributed by atoms with Gasteiger partial charge in [-0.05, 0) is 26.0 Å². The van der Waals surface area contributed by atoms with Gasteiger partial charge in [-0.15, -0.1) is 0 Å². The first-order valence-corrected chi connectivity index (χ1v) is 5.80. The number of hydrogen-bond donors (Lipinski definition) is 1. The Morgan fingerprint density at radius 2 is 1.94 bits per heavy atom. The molecule has 0 fully saturated rings. The third kappa shape index (κ3) is 2.31. The Labute approximate surface area is 102 Å². The van der Waals surface area contributed by atoms with Gasteiger partial charge in [-0.2, -0.15) is 0 Å². The highest BCUT2D eigenvalue weighted by Crippen LogP contribution is 2.44. The number of benzene rings is 1. The van der Waals surface area contributed by atoms with Crippen molar-refractivity contribution in [1.29, 1.82) is 0 Å². The van der Waals surface area contributed by atoms with Gasteiger partial charge in [0.1, 0.15) is 0 Å². The molecule has 0 radical (unpaired) electrons. The lowest BCUT2D eigenvalue weighted by Crippen LogP contribution is -2.29. The van der Waals surface area contributed by atoms with Gasteiger partial charge in [0.05, 0.1) is 20.3 Å². The van der Waals surface area contributed by atoms with Gasteiger partial charge in [0.15, 0.2) is 11.5 Å². The highest BCUT2D eigenvalue weighted by Gasteiger charge is 2.26. The average Bonchev–Trinajstić information content (AvgIpc) is 2.50. The van der Waals surface area contributed by atoms with Gasteiger partial charge >= 0.3 is 0 Å². The lowest BCUT2D eigenvalue weighted by molar-refractivity contribution is 0.287. The molecule has 0 amide bonds. The molecular weight excluding hydrogens is 218 g/mol. The second kappa shape index (κ2) is 4.45. The normalized spacial score (nSPS) is 15.3. The molecule has 0 saturated carbocycles. The minimum absolute atomic E-state index is 0.476. The minimum Gasteiger partial charge on any atom is -0.492 e. The van der Waals surface area contributed by atoms with Gasteiger partial charge in [0.2, 0.25) is 5.75 Å². The zero-order chi connectivity index (χ0) is 12.5. The Morgan fingerprint density at radius 1 is 1.24 bits per heavy atom. The topological polar surface area (TPSA) is 53.7 Å². The standard InChI is InChI=1S/C13H19NO3/c1-13(2,14)9-5-6-10-12(11(9)15-3)17-8-4-7-16-10/h5-6H,4,7-8,14H2,1-3H3. The van der Waals surface area contributed by atoms with Gasteiger partial charge < -0.3 is 19.9 Å². The van der Waals surface area contributed by atoms with E-state index >= 15 is 0 Å². The Kier molecular flexibility index (Phi) is 3.15. The molecule has 94 valence electrons. The van der Waals surface area contributed by atoms with E-state index in [1.165, 1.54) is 0 Å². The maximum Gasteiger partial charge on any atom is 0.203 e. The molecule has 1 heterocycles. The van der Waals surface area contributed by atoms with Crippen molar-refractivity contribution in [2.24, 2.45) is 5.73 Å². The van der Waals surface area contributed by atoms with Crippen LogP contribution < -0.4 is 19.9 Å². The lowest BCUT2D eigenvalue weighted by atomic mass is 9.94. The third-order valence-corrected chi connectivity index (χ3v) is 2.77. The second-order valence-corrected chi connectivity index (χ2v) is 4.75. The molecule has 4 heteroatoms. The molecule has 17 heavy (non-hydrogen) atoms. The van der Waals surface area contributed by atoms with E-state index in [2.05, 4.69) is 0 Å². The number of methoxy groups -OCH3 is 1. The molecule has 1 aliphatic rings. The van der Waals surface area contributed by atoms with Crippen LogP contribution in [-0.2, 0) is 5.54 Å². The number of hydrogen-bond acceptors (Lipinski definition) is 4. The molecule has 0 saturated heterocycles. The molecule has 2 N–H and O–H groups in total. The van der Waals surface area contributed by atoms with Crippen LogP contribution >= 0.6 is 0 Å². The minimum atomic E-state index is -0.476. The van der Waals surface area contributed by atoms with Crippen LogP contribution in [0.25, 0.3) is 0 Å². The largest absolute Gasteiger partial charge is 0.492 e. The van der Waals surface area contributed by atoms with Gasteiger partial charge in [-0.25, -0.2) is 0 Å². The average molecular weight is 237 g/mol. The van der Waals surface area contributed by atoms with Crippen LogP contribution in [0.2, 0.25) is 0 Å². The van der Waals surface area contributed by atoms with Gasteiger partial charge in [-0.3, -0.25) is 0 Å². The van der Waals surface area contributed by atoms with E-state index in [1.54, 1.807) is 7.11 Å². The summed E-state index contributed by atoms with van der Waals surface area (Å²) in [7, 11) is 1.62. The molecule has 2 rings (SSSR count). The fraction of sp³-hybridized carbons (Fsp3) is 0.538. The van der Waals surface area contributed by atoms with E-state index in [4.69, 9.17) is 19.9 Å². The van der Waals surface area contributed by atoms with E-state index in [1.807, 2.05) is 26.0 Å². The number of fused-ring (bicyclic) bond motifs is 1. The fourth-order valence-electron chi connectivity index (χ4n) is 1.92. The summed E-state index contributed by atoms with van der Waals surface area (Å²) in [5, 5.41) is 0. The molecule has 0 aromatic heterocycles. The van der Waals surface area contributed by atoms with E-state index < -0.39 is 5.54 Å². The summed E-state index contributed by atoms with van der Waals surface area (Å²) in [6.07, 6.45) is 0.874. The Hall–Kier alpha value is -1.42. The highest BCUT2D eigenvalue weighted by molar-refractivity contribution is 5.57. The van der Waals surface area contributed by atoms with Crippen molar-refractivity contribution in [3.8, 4) is 17.2 Å². The summed E-state index contributed by atoms with van der Waals surface area (Å²) in [5.41, 5.74) is 6.57. The maximum atomic E-state index is 6.13. The van der Waals surface area contributed by atoms with Crippen molar-refractivity contribution in [1.82, 2.24) is 0 Å². The summed E-state index contributed by atoms with van der Waals surface area (Å²) in [6, 6.07) is 3.83. The van der Waals surface area contributed by atoms with Crippen LogP contribution in [0.3, 0.4) is 0 Å². The predicted molar refractivity (Wildman–Crippen MR) is 65.8 cm³/mol. The molecule has 0 spiro atoms. The first-order chi connectivity index (χ1) is 8.04. The molecule has 1 aromatic carbocycles. The van der Waals surface area contributed by atoms with Gasteiger partial charge in [0, 0.05) is 17.5 Å². The number of ether oxygens (including phenoxy) is 3. The fourth-order valence-corrected chi connectivity index (χ4v) is 1.92. The zero-order valence-corrected chi connectivity index (χ0v) is 10.6. The van der Waals surface area contributed by atoms with E-state index in [-0.39, 0.29) is 0 Å². The van der Waals surface area contributed by atoms with E-state index in [9.17, 15) is 0 Å². The maximum absolute atomic E-state index is 6.13. The van der Waals surface area contributed by atoms with Crippen molar-refractivity contribution in [2.75, 3.05) is 20.3 Å². The molecule has 0 unspecified atom stereocenters. The van der Waals surface area contributed by atoms with E-state index in [0.717, 1.165) is 17.7 Å². The number of rotatable bonds is 2. The van der Waals surface area contributed by atoms with Crippen molar-refractivity contribution in [2.45, 2.75) is 25.8 Å². The molecule has 0 bridgehead atoms. The highest BCUT2D eigenvalue weighted by atomic mass is 16.5. The van der Waals surface area contributed by atoms with Crippen molar-refractivity contribution in [3.05, 3.63) is 17.7 Å². The van der Waals surface area contributed by atoms with Crippen LogP contribution in [-0.4, -0.2) is 20.3 Å². The summed E-state index contributed by atoms with van der Waals surface area (Å²) in [5.74, 6) is 2.07. The van der Waals surface area contributed by atoms with Crippen LogP contribution in [0.1, 0.15) is 25.8 Å². The van der Waals surface area contributed by atoms with Crippen LogP contribution in [0.5, 0.6) is 17.2 Å². The summed E-state index contributed by atoms with van der Waals surface area (Å²) in [6.45, 7) is 5.18. The van der Waals surface area contributed by atoms with Crippen LogP contribution in [0, 0.1) is 0 Å². The predicted octanol–water partition coefficient (Wildman–Crippen LogP) is 2.05. The molecule has 0 aliphatic carbocycles. The summed E-state index contributed by atoms with van der Waals surface area (Å²) in [4.78, 5) is 0. The SMILES string of the molecule is COc1c(C(C)(C)N)ccc2c1OCCCO2. The van der Waals surface area contributed by atoms with Crippen LogP contribution in [0.15, 0.2) is 12.1 Å². The first kappa shape index (κ1) is 12.0. The van der Waals surface area contributed by atoms with Gasteiger partial charge in [0.25, 0.3) is 0 Å². The zero-order valence-electron chi connectivity index (χ0n) is 10.6. The Morgan fingerprint density at radius 3 is 2.59 bits per heavy atom. The quantitative estimate of drug-likeness (QED) is 0.855. The number of nitrogens with two attached hydrogens (primary N) is 1. The molecule has 1 aliphatic heterocycles. The van der Waals surface area contributed by atoms with E-state index in [0.29, 0.717) is 24.7 Å². The molecule has 0 atom stereocenters. The summed E-state index contributed by atoms with van der Waals surface area (Å²) < 4.78 is 16.8. The summed E-state index contributed by atoms with van der Waals surface area (Å²) >= 11 is 0. The monoisotopic (exact) mass is 237 g/mol. The molecule has 4 nitrogen and oxygen atoms in total. The van der Waals surface area contributed by atoms with Crippen molar-refractivity contribution < 1.29 is 14.2 Å². The third-order valence-electron chi connectivity index (χ3n) is 2.77. The van der Waals surface area contributed by atoms with Gasteiger partial charge in [-0.1, -0.05) is 0 Å². The molecule has 1 aromatic rings.